The minimum atomic E-state index is -1.09. The Morgan fingerprint density at radius 2 is 1.80 bits per heavy atom. The van der Waals surface area contributed by atoms with E-state index in [4.69, 9.17) is 17.3 Å². The fourth-order valence-electron chi connectivity index (χ4n) is 5.04. The summed E-state index contributed by atoms with van der Waals surface area (Å²) in [5.41, 5.74) is 8.74. The number of benzene rings is 4. The van der Waals surface area contributed by atoms with E-state index < -0.39 is 23.2 Å². The molecule has 1 aromatic heterocycles. The van der Waals surface area contributed by atoms with Crippen LogP contribution in [-0.2, 0) is 10.4 Å². The van der Waals surface area contributed by atoms with Crippen LogP contribution in [0.2, 0.25) is 5.02 Å². The average molecular weight is 573 g/mol. The number of anilines is 2. The molecule has 8 nitrogen and oxygen atoms in total. The molecule has 0 bridgehead atoms. The zero-order chi connectivity index (χ0) is 29.6. The summed E-state index contributed by atoms with van der Waals surface area (Å²) in [6.45, 7) is 5.16. The zero-order valence-electron chi connectivity index (χ0n) is 22.4. The number of para-hydroxylation sites is 1. The molecule has 0 aliphatic carbocycles. The molecule has 6 N–H and O–H groups in total. The monoisotopic (exact) mass is 572 g/mol. The van der Waals surface area contributed by atoms with Gasteiger partial charge in [0.2, 0.25) is 6.41 Å². The van der Waals surface area contributed by atoms with Crippen LogP contribution in [0.15, 0.2) is 60.7 Å². The summed E-state index contributed by atoms with van der Waals surface area (Å²) in [6, 6.07) is 16.1. The first-order valence-corrected chi connectivity index (χ1v) is 13.0. The summed E-state index contributed by atoms with van der Waals surface area (Å²) < 4.78 is 14.3. The van der Waals surface area contributed by atoms with Gasteiger partial charge in [-0.2, -0.15) is 0 Å². The van der Waals surface area contributed by atoms with Crippen LogP contribution in [0.5, 0.6) is 0 Å². The Morgan fingerprint density at radius 1 is 1.07 bits per heavy atom. The summed E-state index contributed by atoms with van der Waals surface area (Å²) in [6.07, 6.45) is 0.301. The lowest BCUT2D eigenvalue weighted by Gasteiger charge is -2.18. The summed E-state index contributed by atoms with van der Waals surface area (Å²) >= 11 is 6.82. The Morgan fingerprint density at radius 3 is 2.49 bits per heavy atom. The molecule has 41 heavy (non-hydrogen) atoms. The Hall–Kier alpha value is -4.73. The van der Waals surface area contributed by atoms with Gasteiger partial charge in [0.15, 0.2) is 0 Å². The fourth-order valence-corrected chi connectivity index (χ4v) is 5.34. The van der Waals surface area contributed by atoms with E-state index in [2.05, 4.69) is 15.6 Å². The number of nitrogens with two attached hydrogens (primary N) is 1. The van der Waals surface area contributed by atoms with Crippen LogP contribution in [0.4, 0.5) is 15.8 Å². The van der Waals surface area contributed by atoms with E-state index in [1.54, 1.807) is 39.0 Å². The number of hydrogen-bond donors (Lipinski definition) is 5. The third kappa shape index (κ3) is 4.90. The standard InChI is InChI=1S/C31H26ClFN4O4/c1-15-17(6-5-9-23(15)37-30(40)19-7-4-8-22(33)27(19)35-14-38)25-21(32)13-20(29(34)39)28-26(25)18-11-10-16(31(2,3)41)12-24(18)36-28/h4-14,36,41H,1-3H3,(H2,34,39)(H,35,38)(H,37,40). The Balaban J connectivity index is 1.70. The third-order valence-corrected chi connectivity index (χ3v) is 7.41. The molecular weight excluding hydrogens is 547 g/mol. The number of aromatic nitrogens is 1. The van der Waals surface area contributed by atoms with Crippen molar-refractivity contribution in [1.82, 2.24) is 4.98 Å². The molecule has 10 heteroatoms. The second kappa shape index (κ2) is 10.3. The number of primary amides is 1. The minimum absolute atomic E-state index is 0.0487. The van der Waals surface area contributed by atoms with Crippen LogP contribution < -0.4 is 16.4 Å². The van der Waals surface area contributed by atoms with Crippen molar-refractivity contribution < 1.29 is 23.9 Å². The van der Waals surface area contributed by atoms with Crippen molar-refractivity contribution in [3.63, 3.8) is 0 Å². The number of aliphatic hydroxyl groups is 1. The van der Waals surface area contributed by atoms with E-state index in [1.807, 2.05) is 18.2 Å². The van der Waals surface area contributed by atoms with Crippen molar-refractivity contribution in [3.8, 4) is 11.1 Å². The lowest BCUT2D eigenvalue weighted by Crippen LogP contribution is -2.16. The number of rotatable bonds is 7. The number of halogens is 2. The first kappa shape index (κ1) is 27.8. The molecular formula is C31H26ClFN4O4. The number of hydrogen-bond acceptors (Lipinski definition) is 4. The molecule has 0 spiro atoms. The van der Waals surface area contributed by atoms with Gasteiger partial charge in [-0.25, -0.2) is 4.39 Å². The number of amides is 3. The maximum Gasteiger partial charge on any atom is 0.257 e. The molecule has 1 heterocycles. The third-order valence-electron chi connectivity index (χ3n) is 7.11. The lowest BCUT2D eigenvalue weighted by atomic mass is 9.92. The Bertz CT molecular complexity index is 1890. The second-order valence-corrected chi connectivity index (χ2v) is 10.6. The molecule has 0 saturated carbocycles. The maximum atomic E-state index is 14.3. The number of nitrogens with one attached hydrogen (secondary N) is 3. The minimum Gasteiger partial charge on any atom is -0.386 e. The van der Waals surface area contributed by atoms with E-state index in [0.717, 1.165) is 11.5 Å². The molecule has 4 aromatic carbocycles. The topological polar surface area (TPSA) is 137 Å². The summed E-state index contributed by atoms with van der Waals surface area (Å²) in [4.78, 5) is 39.8. The van der Waals surface area contributed by atoms with Crippen molar-refractivity contribution in [2.45, 2.75) is 26.4 Å². The average Bonchev–Trinajstić information content (AvgIpc) is 3.29. The second-order valence-electron chi connectivity index (χ2n) is 10.2. The number of carbonyl (C=O) groups is 3. The highest BCUT2D eigenvalue weighted by atomic mass is 35.5. The van der Waals surface area contributed by atoms with Crippen molar-refractivity contribution in [2.75, 3.05) is 10.6 Å². The van der Waals surface area contributed by atoms with E-state index in [0.29, 0.717) is 50.8 Å². The predicted octanol–water partition coefficient (Wildman–Crippen LogP) is 6.24. The van der Waals surface area contributed by atoms with Gasteiger partial charge in [0.1, 0.15) is 5.82 Å². The molecule has 0 saturated heterocycles. The molecule has 0 fully saturated rings. The highest BCUT2D eigenvalue weighted by molar-refractivity contribution is 6.37. The Kier molecular flexibility index (Phi) is 7.02. The fraction of sp³-hybridized carbons (Fsp3) is 0.129. The lowest BCUT2D eigenvalue weighted by molar-refractivity contribution is -0.105. The van der Waals surface area contributed by atoms with E-state index in [9.17, 15) is 23.9 Å². The van der Waals surface area contributed by atoms with Crippen LogP contribution in [0.1, 0.15) is 45.7 Å². The van der Waals surface area contributed by atoms with Gasteiger partial charge in [-0.1, -0.05) is 41.9 Å². The van der Waals surface area contributed by atoms with Gasteiger partial charge in [0.25, 0.3) is 11.8 Å². The van der Waals surface area contributed by atoms with Crippen LogP contribution in [-0.4, -0.2) is 28.3 Å². The zero-order valence-corrected chi connectivity index (χ0v) is 23.1. The highest BCUT2D eigenvalue weighted by Gasteiger charge is 2.24. The number of carbonyl (C=O) groups excluding carboxylic acids is 3. The van der Waals surface area contributed by atoms with Crippen LogP contribution >= 0.6 is 11.6 Å². The van der Waals surface area contributed by atoms with Crippen LogP contribution in [0, 0.1) is 12.7 Å². The van der Waals surface area contributed by atoms with Crippen molar-refractivity contribution in [2.24, 2.45) is 5.73 Å². The van der Waals surface area contributed by atoms with Crippen LogP contribution in [0.3, 0.4) is 0 Å². The van der Waals surface area contributed by atoms with E-state index >= 15 is 0 Å². The molecule has 208 valence electrons. The largest absolute Gasteiger partial charge is 0.386 e. The maximum absolute atomic E-state index is 14.3. The molecule has 0 unspecified atom stereocenters. The summed E-state index contributed by atoms with van der Waals surface area (Å²) in [5, 5.41) is 17.3. The van der Waals surface area contributed by atoms with Gasteiger partial charge in [0.05, 0.1) is 27.9 Å². The highest BCUT2D eigenvalue weighted by Crippen LogP contribution is 2.44. The molecule has 0 aliphatic heterocycles. The normalized spacial score (nSPS) is 11.6. The van der Waals surface area contributed by atoms with Gasteiger partial charge in [-0.05, 0) is 67.8 Å². The smallest absolute Gasteiger partial charge is 0.257 e. The number of aromatic amines is 1. The summed E-state index contributed by atoms with van der Waals surface area (Å²) in [5.74, 6) is -2.03. The molecule has 5 aromatic rings. The number of fused-ring (bicyclic) bond motifs is 3. The van der Waals surface area contributed by atoms with Crippen molar-refractivity contribution in [3.05, 3.63) is 93.8 Å². The van der Waals surface area contributed by atoms with Crippen LogP contribution in [0.25, 0.3) is 32.9 Å². The Labute approximate surface area is 239 Å². The first-order chi connectivity index (χ1) is 19.4. The molecule has 0 aliphatic rings. The molecule has 0 atom stereocenters. The van der Waals surface area contributed by atoms with Crippen molar-refractivity contribution in [1.29, 1.82) is 0 Å². The molecule has 3 amide bonds. The van der Waals surface area contributed by atoms with E-state index in [1.165, 1.54) is 18.2 Å². The molecule has 0 radical (unpaired) electrons. The van der Waals surface area contributed by atoms with Gasteiger partial charge < -0.3 is 26.5 Å². The first-order valence-electron chi connectivity index (χ1n) is 12.6. The van der Waals surface area contributed by atoms with Gasteiger partial charge in [0, 0.05) is 32.6 Å². The summed E-state index contributed by atoms with van der Waals surface area (Å²) in [7, 11) is 0. The van der Waals surface area contributed by atoms with Gasteiger partial charge in [-0.3, -0.25) is 14.4 Å². The van der Waals surface area contributed by atoms with Gasteiger partial charge >= 0.3 is 0 Å². The van der Waals surface area contributed by atoms with Gasteiger partial charge in [-0.15, -0.1) is 0 Å². The van der Waals surface area contributed by atoms with E-state index in [-0.39, 0.29) is 21.8 Å². The quantitative estimate of drug-likeness (QED) is 0.147. The molecule has 5 rings (SSSR count). The SMILES string of the molecule is Cc1c(NC(=O)c2cccc(F)c2NC=O)cccc1-c1c(Cl)cc(C(N)=O)c2[nH]c3cc(C(C)(C)O)ccc3c12. The number of H-pyrrole nitrogens is 1. The van der Waals surface area contributed by atoms with Crippen molar-refractivity contribution >= 4 is 63.0 Å². The predicted molar refractivity (Wildman–Crippen MR) is 159 cm³/mol.